The van der Waals surface area contributed by atoms with Gasteiger partial charge in [0.05, 0.1) is 0 Å². The van der Waals surface area contributed by atoms with E-state index in [4.69, 9.17) is 4.74 Å². The average molecular weight is 304 g/mol. The Bertz CT molecular complexity index is 508. The Kier molecular flexibility index (Phi) is 5.33. The van der Waals surface area contributed by atoms with E-state index in [9.17, 15) is 4.79 Å². The third-order valence-electron chi connectivity index (χ3n) is 3.71. The van der Waals surface area contributed by atoms with E-state index < -0.39 is 5.60 Å². The number of ether oxygens (including phenoxy) is 1. The van der Waals surface area contributed by atoms with Crippen LogP contribution in [-0.2, 0) is 11.2 Å². The number of hydrogen-bond donors (Lipinski definition) is 1. The smallest absolute Gasteiger partial charge is 0.407 e. The molecule has 0 fully saturated rings. The van der Waals surface area contributed by atoms with Crippen LogP contribution in [0.15, 0.2) is 24.3 Å². The zero-order valence-corrected chi connectivity index (χ0v) is 14.2. The number of nitrogens with one attached hydrogen (secondary N) is 1. The van der Waals surface area contributed by atoms with E-state index in [-0.39, 0.29) is 12.1 Å². The van der Waals surface area contributed by atoms with Gasteiger partial charge in [-0.05, 0) is 58.6 Å². The first-order chi connectivity index (χ1) is 10.3. The molecule has 1 heterocycles. The summed E-state index contributed by atoms with van der Waals surface area (Å²) in [4.78, 5) is 14.3. The molecule has 0 aliphatic carbocycles. The molecular formula is C18H28N2O2. The van der Waals surface area contributed by atoms with Crippen LogP contribution in [0.2, 0.25) is 0 Å². The third kappa shape index (κ3) is 4.93. The fourth-order valence-electron chi connectivity index (χ4n) is 2.84. The average Bonchev–Trinajstić information content (AvgIpc) is 2.59. The fourth-order valence-corrected chi connectivity index (χ4v) is 2.84. The Hall–Kier alpha value is -1.71. The number of nitrogens with zero attached hydrogens (tertiary/aromatic N) is 1. The molecule has 1 atom stereocenters. The predicted molar refractivity (Wildman–Crippen MR) is 90.4 cm³/mol. The Balaban J connectivity index is 1.96. The van der Waals surface area contributed by atoms with Crippen LogP contribution in [0.5, 0.6) is 0 Å². The van der Waals surface area contributed by atoms with E-state index >= 15 is 0 Å². The molecule has 4 nitrogen and oxygen atoms in total. The molecule has 1 aliphatic heterocycles. The fraction of sp³-hybridized carbons (Fsp3) is 0.611. The van der Waals surface area contributed by atoms with Gasteiger partial charge in [0.2, 0.25) is 0 Å². The van der Waals surface area contributed by atoms with Gasteiger partial charge in [0.25, 0.3) is 0 Å². The van der Waals surface area contributed by atoms with Crippen LogP contribution < -0.4 is 10.2 Å². The van der Waals surface area contributed by atoms with Crippen molar-refractivity contribution in [3.05, 3.63) is 29.8 Å². The summed E-state index contributed by atoms with van der Waals surface area (Å²) >= 11 is 0. The van der Waals surface area contributed by atoms with Crippen LogP contribution in [0.1, 0.15) is 46.1 Å². The highest BCUT2D eigenvalue weighted by atomic mass is 16.6. The lowest BCUT2D eigenvalue weighted by atomic mass is 10.1. The van der Waals surface area contributed by atoms with Crippen molar-refractivity contribution < 1.29 is 9.53 Å². The molecule has 1 amide bonds. The monoisotopic (exact) mass is 304 g/mol. The van der Waals surface area contributed by atoms with Crippen LogP contribution in [0.4, 0.5) is 10.5 Å². The second-order valence-electron chi connectivity index (χ2n) is 7.08. The minimum absolute atomic E-state index is 0.0426. The molecule has 1 aromatic carbocycles. The van der Waals surface area contributed by atoms with Gasteiger partial charge < -0.3 is 15.0 Å². The molecular weight excluding hydrogens is 276 g/mol. The van der Waals surface area contributed by atoms with Crippen molar-refractivity contribution >= 4 is 11.8 Å². The van der Waals surface area contributed by atoms with Crippen LogP contribution in [0.3, 0.4) is 0 Å². The van der Waals surface area contributed by atoms with E-state index in [0.717, 1.165) is 19.5 Å². The highest BCUT2D eigenvalue weighted by Crippen LogP contribution is 2.26. The van der Waals surface area contributed by atoms with Crippen LogP contribution in [0.25, 0.3) is 0 Å². The zero-order chi connectivity index (χ0) is 16.2. The molecule has 0 aromatic heterocycles. The number of rotatable bonds is 3. The lowest BCUT2D eigenvalue weighted by Gasteiger charge is -2.29. The molecule has 22 heavy (non-hydrogen) atoms. The van der Waals surface area contributed by atoms with Gasteiger partial charge in [0, 0.05) is 24.8 Å². The third-order valence-corrected chi connectivity index (χ3v) is 3.71. The largest absolute Gasteiger partial charge is 0.444 e. The highest BCUT2D eigenvalue weighted by Gasteiger charge is 2.20. The summed E-state index contributed by atoms with van der Waals surface area (Å²) in [6, 6.07) is 8.62. The highest BCUT2D eigenvalue weighted by molar-refractivity contribution is 5.68. The minimum atomic E-state index is -0.459. The van der Waals surface area contributed by atoms with Crippen LogP contribution >= 0.6 is 0 Å². The van der Waals surface area contributed by atoms with Gasteiger partial charge in [0.15, 0.2) is 0 Å². The number of hydrogen-bond acceptors (Lipinski definition) is 3. The summed E-state index contributed by atoms with van der Waals surface area (Å²) < 4.78 is 5.32. The molecule has 0 spiro atoms. The van der Waals surface area contributed by atoms with Gasteiger partial charge in [-0.3, -0.25) is 0 Å². The second kappa shape index (κ2) is 7.03. The molecule has 0 saturated heterocycles. The minimum Gasteiger partial charge on any atom is -0.444 e. The van der Waals surface area contributed by atoms with Crippen molar-refractivity contribution in [2.45, 2.75) is 58.6 Å². The molecule has 0 bridgehead atoms. The topological polar surface area (TPSA) is 41.6 Å². The van der Waals surface area contributed by atoms with Crippen molar-refractivity contribution in [1.82, 2.24) is 5.32 Å². The summed E-state index contributed by atoms with van der Waals surface area (Å²) in [5.74, 6) is 0. The lowest BCUT2D eigenvalue weighted by molar-refractivity contribution is 0.0510. The molecule has 0 unspecified atom stereocenters. The first kappa shape index (κ1) is 16.7. The number of benzene rings is 1. The number of fused-ring (bicyclic) bond motifs is 1. The summed E-state index contributed by atoms with van der Waals surface area (Å²) in [5.41, 5.74) is 2.25. The summed E-state index contributed by atoms with van der Waals surface area (Å²) in [5, 5.41) is 2.93. The number of para-hydroxylation sites is 1. The summed E-state index contributed by atoms with van der Waals surface area (Å²) in [7, 11) is 0. The first-order valence-corrected chi connectivity index (χ1v) is 8.17. The normalized spacial score (nSPS) is 16.5. The SMILES string of the molecule is C[C@@H](CN1CCCCc2ccccc21)NC(=O)OC(C)(C)C. The summed E-state index contributed by atoms with van der Waals surface area (Å²) in [6.07, 6.45) is 3.21. The number of anilines is 1. The van der Waals surface area contributed by atoms with Gasteiger partial charge in [-0.2, -0.15) is 0 Å². The predicted octanol–water partition coefficient (Wildman–Crippen LogP) is 3.74. The number of amides is 1. The molecule has 1 aromatic rings. The molecule has 0 radical (unpaired) electrons. The van der Waals surface area contributed by atoms with E-state index in [1.165, 1.54) is 24.1 Å². The van der Waals surface area contributed by atoms with Crippen molar-refractivity contribution in [2.24, 2.45) is 0 Å². The van der Waals surface area contributed by atoms with Gasteiger partial charge >= 0.3 is 6.09 Å². The van der Waals surface area contributed by atoms with Gasteiger partial charge in [-0.15, -0.1) is 0 Å². The Morgan fingerprint density at radius 2 is 2.05 bits per heavy atom. The lowest BCUT2D eigenvalue weighted by Crippen LogP contribution is -2.44. The van der Waals surface area contributed by atoms with Crippen molar-refractivity contribution in [2.75, 3.05) is 18.0 Å². The quantitative estimate of drug-likeness (QED) is 0.925. The number of alkyl carbamates (subject to hydrolysis) is 1. The van der Waals surface area contributed by atoms with Gasteiger partial charge in [0.1, 0.15) is 5.60 Å². The Morgan fingerprint density at radius 3 is 2.77 bits per heavy atom. The molecule has 1 N–H and O–H groups in total. The second-order valence-corrected chi connectivity index (χ2v) is 7.08. The van der Waals surface area contributed by atoms with Crippen molar-refractivity contribution in [3.8, 4) is 0 Å². The van der Waals surface area contributed by atoms with Gasteiger partial charge in [-0.1, -0.05) is 18.2 Å². The van der Waals surface area contributed by atoms with Crippen molar-refractivity contribution in [1.29, 1.82) is 0 Å². The van der Waals surface area contributed by atoms with E-state index in [0.29, 0.717) is 0 Å². The Labute approximate surface area is 133 Å². The van der Waals surface area contributed by atoms with Crippen molar-refractivity contribution in [3.63, 3.8) is 0 Å². The maximum absolute atomic E-state index is 11.9. The van der Waals surface area contributed by atoms with E-state index in [1.807, 2.05) is 27.7 Å². The molecule has 0 saturated carbocycles. The molecule has 122 valence electrons. The molecule has 4 heteroatoms. The number of carbonyl (C=O) groups is 1. The van der Waals surface area contributed by atoms with E-state index in [2.05, 4.69) is 34.5 Å². The Morgan fingerprint density at radius 1 is 1.32 bits per heavy atom. The van der Waals surface area contributed by atoms with E-state index in [1.54, 1.807) is 0 Å². The van der Waals surface area contributed by atoms with Crippen LogP contribution in [-0.4, -0.2) is 30.8 Å². The zero-order valence-electron chi connectivity index (χ0n) is 14.2. The standard InChI is InChI=1S/C18H28N2O2/c1-14(19-17(21)22-18(2,3)4)13-20-12-8-7-10-15-9-5-6-11-16(15)20/h5-6,9,11,14H,7-8,10,12-13H2,1-4H3,(H,19,21)/t14-/m0/s1. The summed E-state index contributed by atoms with van der Waals surface area (Å²) in [6.45, 7) is 9.50. The van der Waals surface area contributed by atoms with Gasteiger partial charge in [-0.25, -0.2) is 4.79 Å². The molecule has 1 aliphatic rings. The molecule has 2 rings (SSSR count). The maximum atomic E-state index is 11.9. The number of carbonyl (C=O) groups excluding carboxylic acids is 1. The first-order valence-electron chi connectivity index (χ1n) is 8.17. The van der Waals surface area contributed by atoms with Crippen LogP contribution in [0, 0.1) is 0 Å². The maximum Gasteiger partial charge on any atom is 0.407 e. The number of aryl methyl sites for hydroxylation is 1.